The highest BCUT2D eigenvalue weighted by molar-refractivity contribution is 7.91. The van der Waals surface area contributed by atoms with Gasteiger partial charge >= 0.3 is 0 Å². The van der Waals surface area contributed by atoms with E-state index < -0.39 is 15.9 Å². The Morgan fingerprint density at radius 2 is 2.12 bits per heavy atom. The number of carbonyl (C=O) groups is 1. The van der Waals surface area contributed by atoms with Crippen molar-refractivity contribution in [3.8, 4) is 0 Å². The van der Waals surface area contributed by atoms with Crippen molar-refractivity contribution in [2.24, 2.45) is 11.7 Å². The summed E-state index contributed by atoms with van der Waals surface area (Å²) in [6.45, 7) is 3.92. The minimum absolute atomic E-state index is 0.0719. The van der Waals surface area contributed by atoms with Gasteiger partial charge in [-0.1, -0.05) is 20.3 Å². The van der Waals surface area contributed by atoms with Crippen LogP contribution in [0.1, 0.15) is 26.7 Å². The normalized spacial score (nSPS) is 26.5. The number of sulfone groups is 1. The second-order valence-electron chi connectivity index (χ2n) is 4.92. The molecule has 1 fully saturated rings. The van der Waals surface area contributed by atoms with E-state index in [4.69, 9.17) is 5.73 Å². The fourth-order valence-electron chi connectivity index (χ4n) is 1.99. The summed E-state index contributed by atoms with van der Waals surface area (Å²) in [4.78, 5) is 13.6. The fraction of sp³-hybridized carbons (Fsp3) is 0.909. The zero-order valence-corrected chi connectivity index (χ0v) is 11.5. The van der Waals surface area contributed by atoms with E-state index in [1.165, 1.54) is 4.90 Å². The predicted molar refractivity (Wildman–Crippen MR) is 67.3 cm³/mol. The molecule has 1 aliphatic heterocycles. The van der Waals surface area contributed by atoms with Crippen LogP contribution in [0.5, 0.6) is 0 Å². The van der Waals surface area contributed by atoms with Crippen LogP contribution in [0, 0.1) is 5.92 Å². The summed E-state index contributed by atoms with van der Waals surface area (Å²) in [7, 11) is -1.31. The monoisotopic (exact) mass is 262 g/mol. The number of amides is 1. The van der Waals surface area contributed by atoms with Crippen LogP contribution in [0.15, 0.2) is 0 Å². The van der Waals surface area contributed by atoms with Crippen molar-refractivity contribution >= 4 is 15.7 Å². The second-order valence-corrected chi connectivity index (χ2v) is 7.15. The Morgan fingerprint density at radius 1 is 1.53 bits per heavy atom. The highest BCUT2D eigenvalue weighted by Crippen LogP contribution is 2.18. The molecule has 2 unspecified atom stereocenters. The minimum atomic E-state index is -2.96. The molecule has 3 atom stereocenters. The molecule has 1 amide bonds. The van der Waals surface area contributed by atoms with E-state index in [1.54, 1.807) is 7.05 Å². The van der Waals surface area contributed by atoms with Crippen LogP contribution < -0.4 is 5.73 Å². The van der Waals surface area contributed by atoms with Gasteiger partial charge in [0.05, 0.1) is 17.5 Å². The Bertz CT molecular complexity index is 380. The molecule has 0 aromatic carbocycles. The minimum Gasteiger partial charge on any atom is -0.340 e. The molecular formula is C11H22N2O3S. The lowest BCUT2D eigenvalue weighted by atomic mass is 9.98. The van der Waals surface area contributed by atoms with Gasteiger partial charge in [0.25, 0.3) is 0 Å². The molecule has 0 radical (unpaired) electrons. The number of hydrogen-bond acceptors (Lipinski definition) is 4. The number of rotatable bonds is 4. The first-order valence-electron chi connectivity index (χ1n) is 6.01. The van der Waals surface area contributed by atoms with Gasteiger partial charge in [0.15, 0.2) is 9.84 Å². The number of nitrogens with two attached hydrogens (primary N) is 1. The number of hydrogen-bond donors (Lipinski definition) is 1. The summed E-state index contributed by atoms with van der Waals surface area (Å²) < 4.78 is 22.7. The van der Waals surface area contributed by atoms with Crippen molar-refractivity contribution in [3.05, 3.63) is 0 Å². The predicted octanol–water partition coefficient (Wildman–Crippen LogP) is 0.00530. The zero-order valence-electron chi connectivity index (χ0n) is 10.7. The van der Waals surface area contributed by atoms with E-state index >= 15 is 0 Å². The molecule has 0 aromatic heterocycles. The van der Waals surface area contributed by atoms with Gasteiger partial charge in [0.1, 0.15) is 0 Å². The molecule has 0 bridgehead atoms. The van der Waals surface area contributed by atoms with Gasteiger partial charge in [0.2, 0.25) is 5.91 Å². The third-order valence-corrected chi connectivity index (χ3v) is 5.40. The van der Waals surface area contributed by atoms with E-state index in [1.807, 2.05) is 13.8 Å². The van der Waals surface area contributed by atoms with Crippen LogP contribution in [-0.2, 0) is 14.6 Å². The van der Waals surface area contributed by atoms with Crippen molar-refractivity contribution < 1.29 is 13.2 Å². The van der Waals surface area contributed by atoms with Gasteiger partial charge in [-0.25, -0.2) is 8.42 Å². The SMILES string of the molecule is CCC(C)[C@@H](N)C(=O)N(C)C1CCS(=O)(=O)C1. The average Bonchev–Trinajstić information content (AvgIpc) is 2.65. The molecule has 0 aromatic rings. The molecule has 100 valence electrons. The van der Waals surface area contributed by atoms with Crippen molar-refractivity contribution in [2.45, 2.75) is 38.8 Å². The van der Waals surface area contributed by atoms with Crippen molar-refractivity contribution in [3.63, 3.8) is 0 Å². The first-order chi connectivity index (χ1) is 7.78. The molecule has 1 aliphatic rings. The lowest BCUT2D eigenvalue weighted by Gasteiger charge is -2.28. The largest absolute Gasteiger partial charge is 0.340 e. The zero-order chi connectivity index (χ0) is 13.2. The molecule has 5 nitrogen and oxygen atoms in total. The average molecular weight is 262 g/mol. The number of likely N-dealkylation sites (N-methyl/N-ethyl adjacent to an activating group) is 1. The smallest absolute Gasteiger partial charge is 0.239 e. The van der Waals surface area contributed by atoms with Crippen molar-refractivity contribution in [1.82, 2.24) is 4.90 Å². The molecule has 0 saturated carbocycles. The van der Waals surface area contributed by atoms with E-state index in [2.05, 4.69) is 0 Å². The first kappa shape index (κ1) is 14.4. The topological polar surface area (TPSA) is 80.5 Å². The lowest BCUT2D eigenvalue weighted by molar-refractivity contribution is -0.134. The summed E-state index contributed by atoms with van der Waals surface area (Å²) in [6.07, 6.45) is 1.36. The van der Waals surface area contributed by atoms with Gasteiger partial charge < -0.3 is 10.6 Å². The third-order valence-electron chi connectivity index (χ3n) is 3.65. The van der Waals surface area contributed by atoms with E-state index in [0.717, 1.165) is 6.42 Å². The molecular weight excluding hydrogens is 240 g/mol. The molecule has 1 rings (SSSR count). The third kappa shape index (κ3) is 3.42. The number of nitrogens with zero attached hydrogens (tertiary/aromatic N) is 1. The summed E-state index contributed by atoms with van der Waals surface area (Å²) in [5, 5.41) is 0. The highest BCUT2D eigenvalue weighted by Gasteiger charge is 2.34. The van der Waals surface area contributed by atoms with Gasteiger partial charge in [-0.2, -0.15) is 0 Å². The number of carbonyl (C=O) groups excluding carboxylic acids is 1. The maximum atomic E-state index is 12.0. The second kappa shape index (κ2) is 5.35. The first-order valence-corrected chi connectivity index (χ1v) is 7.83. The molecule has 0 aliphatic carbocycles. The quantitative estimate of drug-likeness (QED) is 0.773. The summed E-state index contributed by atoms with van der Waals surface area (Å²) in [5.41, 5.74) is 5.87. The Morgan fingerprint density at radius 3 is 2.53 bits per heavy atom. The van der Waals surface area contributed by atoms with Crippen LogP contribution in [-0.4, -0.2) is 49.9 Å². The summed E-state index contributed by atoms with van der Waals surface area (Å²) in [6, 6.07) is -0.740. The van der Waals surface area contributed by atoms with Gasteiger partial charge in [-0.3, -0.25) is 4.79 Å². The fourth-order valence-corrected chi connectivity index (χ4v) is 3.77. The molecule has 17 heavy (non-hydrogen) atoms. The molecule has 1 saturated heterocycles. The standard InChI is InChI=1S/C11H22N2O3S/c1-4-8(2)10(12)11(14)13(3)9-5-6-17(15,16)7-9/h8-10H,4-7,12H2,1-3H3/t8?,9?,10-/m1/s1. The van der Waals surface area contributed by atoms with Gasteiger partial charge in [-0.15, -0.1) is 0 Å². The lowest BCUT2D eigenvalue weighted by Crippen LogP contribution is -2.49. The Balaban J connectivity index is 2.65. The van der Waals surface area contributed by atoms with Gasteiger partial charge in [0, 0.05) is 13.1 Å². The Labute approximate surface area is 103 Å². The summed E-state index contributed by atoms with van der Waals surface area (Å²) >= 11 is 0. The van der Waals surface area contributed by atoms with Gasteiger partial charge in [-0.05, 0) is 12.3 Å². The summed E-state index contributed by atoms with van der Waals surface area (Å²) in [5.74, 6) is 0.209. The molecule has 2 N–H and O–H groups in total. The molecule has 0 spiro atoms. The van der Waals surface area contributed by atoms with Crippen molar-refractivity contribution in [2.75, 3.05) is 18.6 Å². The van der Waals surface area contributed by atoms with Crippen LogP contribution in [0.4, 0.5) is 0 Å². The van der Waals surface area contributed by atoms with Crippen LogP contribution in [0.25, 0.3) is 0 Å². The maximum Gasteiger partial charge on any atom is 0.239 e. The van der Waals surface area contributed by atoms with Crippen LogP contribution >= 0.6 is 0 Å². The van der Waals surface area contributed by atoms with E-state index in [9.17, 15) is 13.2 Å². The van der Waals surface area contributed by atoms with E-state index in [0.29, 0.717) is 6.42 Å². The molecule has 1 heterocycles. The maximum absolute atomic E-state index is 12.0. The Hall–Kier alpha value is -0.620. The highest BCUT2D eigenvalue weighted by atomic mass is 32.2. The van der Waals surface area contributed by atoms with Crippen LogP contribution in [0.2, 0.25) is 0 Å². The molecule has 6 heteroatoms. The van der Waals surface area contributed by atoms with E-state index in [-0.39, 0.29) is 29.4 Å². The Kier molecular flexibility index (Phi) is 4.55. The van der Waals surface area contributed by atoms with Crippen molar-refractivity contribution in [1.29, 1.82) is 0 Å². The van der Waals surface area contributed by atoms with Crippen LogP contribution in [0.3, 0.4) is 0 Å².